The molecule has 2 N–H and O–H groups in total. The van der Waals surface area contributed by atoms with Gasteiger partial charge in [-0.15, -0.1) is 0 Å². The average Bonchev–Trinajstić information content (AvgIpc) is 3.02. The molecule has 3 rings (SSSR count). The minimum atomic E-state index is -0.839. The average molecular weight is 445 g/mol. The number of imide groups is 1. The first kappa shape index (κ1) is 24.0. The van der Waals surface area contributed by atoms with E-state index in [1.165, 1.54) is 0 Å². The van der Waals surface area contributed by atoms with Crippen molar-refractivity contribution in [3.05, 3.63) is 24.3 Å². The minimum Gasteiger partial charge on any atom is -0.490 e. The van der Waals surface area contributed by atoms with Crippen LogP contribution in [0.3, 0.4) is 0 Å². The van der Waals surface area contributed by atoms with Gasteiger partial charge in [0.1, 0.15) is 24.4 Å². The Morgan fingerprint density at radius 1 is 1.19 bits per heavy atom. The standard InChI is InChI=1S/C24H36N4O4/c1-4-18-11-13-24(14-12-18)22(30)28(23(31)26-24)17-21(29)25-19-9-7-8-10-20(19)32-16-15-27(5-2)6-3/h7-10,18H,4-6,11-17H2,1-3H3,(H,25,29)(H,26,31). The van der Waals surface area contributed by atoms with Gasteiger partial charge in [0.15, 0.2) is 0 Å². The molecule has 1 aromatic rings. The predicted molar refractivity (Wildman–Crippen MR) is 124 cm³/mol. The summed E-state index contributed by atoms with van der Waals surface area (Å²) in [5, 5.41) is 5.67. The molecule has 0 atom stereocenters. The second-order valence-corrected chi connectivity index (χ2v) is 8.67. The van der Waals surface area contributed by atoms with Crippen LogP contribution in [0, 0.1) is 5.92 Å². The molecule has 0 radical (unpaired) electrons. The zero-order chi connectivity index (χ0) is 23.1. The van der Waals surface area contributed by atoms with Gasteiger partial charge in [0, 0.05) is 6.54 Å². The van der Waals surface area contributed by atoms with E-state index >= 15 is 0 Å². The van der Waals surface area contributed by atoms with Gasteiger partial charge in [0.2, 0.25) is 5.91 Å². The third-order valence-corrected chi connectivity index (χ3v) is 6.80. The number of nitrogens with zero attached hydrogens (tertiary/aromatic N) is 2. The van der Waals surface area contributed by atoms with Crippen molar-refractivity contribution in [3.63, 3.8) is 0 Å². The van der Waals surface area contributed by atoms with Crippen LogP contribution in [-0.2, 0) is 9.59 Å². The molecule has 8 heteroatoms. The first-order valence-corrected chi connectivity index (χ1v) is 11.8. The molecule has 1 saturated carbocycles. The van der Waals surface area contributed by atoms with Crippen molar-refractivity contribution < 1.29 is 19.1 Å². The van der Waals surface area contributed by atoms with Crippen molar-refractivity contribution in [1.29, 1.82) is 0 Å². The van der Waals surface area contributed by atoms with E-state index in [9.17, 15) is 14.4 Å². The molecule has 4 amide bonds. The first-order chi connectivity index (χ1) is 15.4. The van der Waals surface area contributed by atoms with Gasteiger partial charge < -0.3 is 20.3 Å². The van der Waals surface area contributed by atoms with Gasteiger partial charge in [0.25, 0.3) is 5.91 Å². The summed E-state index contributed by atoms with van der Waals surface area (Å²) in [6.45, 7) is 9.24. The molecular formula is C24H36N4O4. The second kappa shape index (κ2) is 10.8. The Labute approximate surface area is 190 Å². The zero-order valence-electron chi connectivity index (χ0n) is 19.5. The van der Waals surface area contributed by atoms with Crippen molar-refractivity contribution in [2.24, 2.45) is 5.92 Å². The summed E-state index contributed by atoms with van der Waals surface area (Å²) in [5.74, 6) is 0.462. The van der Waals surface area contributed by atoms with Crippen LogP contribution in [0.5, 0.6) is 5.75 Å². The number of likely N-dealkylation sites (N-methyl/N-ethyl adjacent to an activating group) is 1. The SMILES string of the molecule is CCC1CCC2(CC1)NC(=O)N(CC(=O)Nc1ccccc1OCCN(CC)CC)C2=O. The molecule has 32 heavy (non-hydrogen) atoms. The van der Waals surface area contributed by atoms with E-state index in [-0.39, 0.29) is 12.5 Å². The van der Waals surface area contributed by atoms with E-state index in [1.54, 1.807) is 12.1 Å². The van der Waals surface area contributed by atoms with Gasteiger partial charge in [0.05, 0.1) is 5.69 Å². The number of nitrogens with one attached hydrogen (secondary N) is 2. The number of hydrogen-bond donors (Lipinski definition) is 2. The molecule has 2 fully saturated rings. The number of rotatable bonds is 10. The summed E-state index contributed by atoms with van der Waals surface area (Å²) in [6.07, 6.45) is 4.19. The summed E-state index contributed by atoms with van der Waals surface area (Å²) in [5.41, 5.74) is -0.309. The second-order valence-electron chi connectivity index (χ2n) is 8.67. The number of ether oxygens (including phenoxy) is 1. The molecule has 2 aliphatic rings. The van der Waals surface area contributed by atoms with Crippen LogP contribution in [0.25, 0.3) is 0 Å². The van der Waals surface area contributed by atoms with Gasteiger partial charge in [-0.05, 0) is 56.8 Å². The quantitative estimate of drug-likeness (QED) is 0.541. The fourth-order valence-electron chi connectivity index (χ4n) is 4.59. The number of carbonyl (C=O) groups excluding carboxylic acids is 3. The van der Waals surface area contributed by atoms with Crippen molar-refractivity contribution >= 4 is 23.5 Å². The number of benzene rings is 1. The third-order valence-electron chi connectivity index (χ3n) is 6.80. The van der Waals surface area contributed by atoms with E-state index in [0.717, 1.165) is 43.8 Å². The zero-order valence-corrected chi connectivity index (χ0v) is 19.5. The van der Waals surface area contributed by atoms with E-state index < -0.39 is 17.5 Å². The van der Waals surface area contributed by atoms with E-state index in [2.05, 4.69) is 36.3 Å². The molecule has 1 aliphatic heterocycles. The lowest BCUT2D eigenvalue weighted by Gasteiger charge is -2.34. The predicted octanol–water partition coefficient (Wildman–Crippen LogP) is 3.24. The van der Waals surface area contributed by atoms with Crippen LogP contribution >= 0.6 is 0 Å². The Hall–Kier alpha value is -2.61. The van der Waals surface area contributed by atoms with Crippen molar-refractivity contribution in [3.8, 4) is 5.75 Å². The molecule has 1 spiro atoms. The normalized spacial score (nSPS) is 23.0. The first-order valence-electron chi connectivity index (χ1n) is 11.8. The van der Waals surface area contributed by atoms with E-state index in [1.807, 2.05) is 12.1 Å². The Kier molecular flexibility index (Phi) is 8.12. The summed E-state index contributed by atoms with van der Waals surface area (Å²) < 4.78 is 5.88. The summed E-state index contributed by atoms with van der Waals surface area (Å²) in [6, 6.07) is 6.72. The molecule has 1 aliphatic carbocycles. The highest BCUT2D eigenvalue weighted by Crippen LogP contribution is 2.37. The Morgan fingerprint density at radius 3 is 2.53 bits per heavy atom. The maximum atomic E-state index is 13.0. The van der Waals surface area contributed by atoms with Crippen molar-refractivity contribution in [2.75, 3.05) is 38.1 Å². The largest absolute Gasteiger partial charge is 0.490 e. The van der Waals surface area contributed by atoms with Gasteiger partial charge >= 0.3 is 6.03 Å². The maximum Gasteiger partial charge on any atom is 0.325 e. The van der Waals surface area contributed by atoms with Crippen LogP contribution in [0.4, 0.5) is 10.5 Å². The molecule has 0 bridgehead atoms. The Bertz CT molecular complexity index is 816. The molecule has 0 aromatic heterocycles. The van der Waals surface area contributed by atoms with E-state index in [4.69, 9.17) is 4.74 Å². The van der Waals surface area contributed by atoms with Crippen LogP contribution in [-0.4, -0.2) is 66.0 Å². The lowest BCUT2D eigenvalue weighted by Crippen LogP contribution is -2.49. The third kappa shape index (κ3) is 5.41. The lowest BCUT2D eigenvalue weighted by molar-refractivity contribution is -0.135. The Balaban J connectivity index is 1.58. The molecule has 1 aromatic carbocycles. The lowest BCUT2D eigenvalue weighted by atomic mass is 9.75. The minimum absolute atomic E-state index is 0.282. The fourth-order valence-corrected chi connectivity index (χ4v) is 4.59. The van der Waals surface area contributed by atoms with Crippen LogP contribution in [0.2, 0.25) is 0 Å². The number of anilines is 1. The monoisotopic (exact) mass is 444 g/mol. The summed E-state index contributed by atoms with van der Waals surface area (Å²) in [4.78, 5) is 41.6. The van der Waals surface area contributed by atoms with Crippen LogP contribution in [0.15, 0.2) is 24.3 Å². The van der Waals surface area contributed by atoms with Crippen molar-refractivity contribution in [1.82, 2.24) is 15.1 Å². The van der Waals surface area contributed by atoms with Crippen molar-refractivity contribution in [2.45, 2.75) is 58.4 Å². The number of carbonyl (C=O) groups is 3. The number of urea groups is 1. The molecular weight excluding hydrogens is 408 g/mol. The number of para-hydroxylation sites is 2. The molecule has 176 valence electrons. The van der Waals surface area contributed by atoms with Gasteiger partial charge in [-0.3, -0.25) is 14.5 Å². The van der Waals surface area contributed by atoms with E-state index in [0.29, 0.717) is 36.8 Å². The van der Waals surface area contributed by atoms with Crippen LogP contribution < -0.4 is 15.4 Å². The molecule has 1 heterocycles. The fraction of sp³-hybridized carbons (Fsp3) is 0.625. The number of amides is 4. The molecule has 8 nitrogen and oxygen atoms in total. The van der Waals surface area contributed by atoms with Gasteiger partial charge in [-0.1, -0.05) is 39.3 Å². The highest BCUT2D eigenvalue weighted by Gasteiger charge is 2.52. The van der Waals surface area contributed by atoms with Crippen LogP contribution in [0.1, 0.15) is 52.9 Å². The maximum absolute atomic E-state index is 13.0. The molecule has 1 saturated heterocycles. The smallest absolute Gasteiger partial charge is 0.325 e. The highest BCUT2D eigenvalue weighted by atomic mass is 16.5. The molecule has 0 unspecified atom stereocenters. The Morgan fingerprint density at radius 2 is 1.88 bits per heavy atom. The summed E-state index contributed by atoms with van der Waals surface area (Å²) >= 11 is 0. The summed E-state index contributed by atoms with van der Waals surface area (Å²) in [7, 11) is 0. The van der Waals surface area contributed by atoms with Gasteiger partial charge in [-0.2, -0.15) is 0 Å². The highest BCUT2D eigenvalue weighted by molar-refractivity contribution is 6.10. The van der Waals surface area contributed by atoms with Gasteiger partial charge in [-0.25, -0.2) is 4.79 Å². The topological polar surface area (TPSA) is 91.0 Å². The number of hydrogen-bond acceptors (Lipinski definition) is 5.